The third kappa shape index (κ3) is 3.62. The highest BCUT2D eigenvalue weighted by molar-refractivity contribution is 5.90. The van der Waals surface area contributed by atoms with Crippen molar-refractivity contribution in [2.45, 2.75) is 32.8 Å². The Morgan fingerprint density at radius 1 is 1.62 bits per heavy atom. The van der Waals surface area contributed by atoms with Gasteiger partial charge in [0, 0.05) is 20.1 Å². The summed E-state index contributed by atoms with van der Waals surface area (Å²) in [6.45, 7) is 4.37. The van der Waals surface area contributed by atoms with E-state index in [0.717, 1.165) is 18.7 Å². The van der Waals surface area contributed by atoms with Crippen LogP contribution in [0.25, 0.3) is 0 Å². The standard InChI is InChI=1S/C10H18N4O2/c1-4-5-8-12-9(14-13-8)10(15)11-6-7(2)16-3/h7H,4-6H2,1-3H3,(H,11,15)(H,12,13,14). The van der Waals surface area contributed by atoms with Crippen molar-refractivity contribution >= 4 is 5.91 Å². The van der Waals surface area contributed by atoms with Gasteiger partial charge in [-0.05, 0) is 13.3 Å². The van der Waals surface area contributed by atoms with Crippen LogP contribution in [0.1, 0.15) is 36.7 Å². The van der Waals surface area contributed by atoms with Crippen molar-refractivity contribution in [3.63, 3.8) is 0 Å². The van der Waals surface area contributed by atoms with Crippen LogP contribution in [-0.2, 0) is 11.2 Å². The molecule has 16 heavy (non-hydrogen) atoms. The Morgan fingerprint density at radius 3 is 3.00 bits per heavy atom. The first-order chi connectivity index (χ1) is 7.67. The smallest absolute Gasteiger partial charge is 0.291 e. The van der Waals surface area contributed by atoms with Crippen molar-refractivity contribution in [1.29, 1.82) is 0 Å². The molecule has 90 valence electrons. The average molecular weight is 226 g/mol. The van der Waals surface area contributed by atoms with Crippen molar-refractivity contribution in [1.82, 2.24) is 20.5 Å². The summed E-state index contributed by atoms with van der Waals surface area (Å²) >= 11 is 0. The largest absolute Gasteiger partial charge is 0.380 e. The van der Waals surface area contributed by atoms with Gasteiger partial charge in [0.2, 0.25) is 5.82 Å². The van der Waals surface area contributed by atoms with Gasteiger partial charge in [-0.15, -0.1) is 5.10 Å². The third-order valence-electron chi connectivity index (χ3n) is 2.17. The number of carbonyl (C=O) groups is 1. The summed E-state index contributed by atoms with van der Waals surface area (Å²) in [6.07, 6.45) is 1.75. The molecule has 0 fully saturated rings. The SMILES string of the molecule is CCCc1nc(C(=O)NCC(C)OC)n[nH]1. The molecule has 0 aliphatic carbocycles. The molecule has 0 bridgehead atoms. The molecule has 1 atom stereocenters. The van der Waals surface area contributed by atoms with Crippen LogP contribution in [-0.4, -0.2) is 40.8 Å². The molecular weight excluding hydrogens is 208 g/mol. The normalized spacial score (nSPS) is 12.4. The Balaban J connectivity index is 2.46. The topological polar surface area (TPSA) is 79.9 Å². The van der Waals surface area contributed by atoms with Gasteiger partial charge < -0.3 is 10.1 Å². The van der Waals surface area contributed by atoms with Crippen LogP contribution in [0.3, 0.4) is 0 Å². The second kappa shape index (κ2) is 6.22. The molecule has 0 aliphatic heterocycles. The molecule has 0 spiro atoms. The lowest BCUT2D eigenvalue weighted by Crippen LogP contribution is -2.32. The van der Waals surface area contributed by atoms with E-state index in [1.165, 1.54) is 0 Å². The van der Waals surface area contributed by atoms with E-state index in [1.54, 1.807) is 7.11 Å². The maximum Gasteiger partial charge on any atom is 0.291 e. The van der Waals surface area contributed by atoms with Crippen LogP contribution >= 0.6 is 0 Å². The van der Waals surface area contributed by atoms with E-state index in [9.17, 15) is 4.79 Å². The summed E-state index contributed by atoms with van der Waals surface area (Å²) in [4.78, 5) is 15.7. The Morgan fingerprint density at radius 2 is 2.38 bits per heavy atom. The molecule has 0 aromatic carbocycles. The number of ether oxygens (including phenoxy) is 1. The second-order valence-corrected chi connectivity index (χ2v) is 3.61. The molecule has 1 heterocycles. The number of H-pyrrole nitrogens is 1. The molecule has 2 N–H and O–H groups in total. The van der Waals surface area contributed by atoms with E-state index in [1.807, 2.05) is 13.8 Å². The van der Waals surface area contributed by atoms with Gasteiger partial charge in [0.15, 0.2) is 0 Å². The number of nitrogens with zero attached hydrogens (tertiary/aromatic N) is 2. The summed E-state index contributed by atoms with van der Waals surface area (Å²) in [5.41, 5.74) is 0. The number of aromatic amines is 1. The van der Waals surface area contributed by atoms with E-state index in [4.69, 9.17) is 4.74 Å². The van der Waals surface area contributed by atoms with Crippen molar-refractivity contribution in [2.75, 3.05) is 13.7 Å². The lowest BCUT2D eigenvalue weighted by atomic mass is 10.3. The molecular formula is C10H18N4O2. The van der Waals surface area contributed by atoms with Crippen LogP contribution in [0.5, 0.6) is 0 Å². The van der Waals surface area contributed by atoms with Gasteiger partial charge in [-0.1, -0.05) is 6.92 Å². The third-order valence-corrected chi connectivity index (χ3v) is 2.17. The molecule has 1 aromatic heterocycles. The summed E-state index contributed by atoms with van der Waals surface area (Å²) in [5, 5.41) is 9.28. The number of aryl methyl sites for hydroxylation is 1. The Kier molecular flexibility index (Phi) is 4.91. The lowest BCUT2D eigenvalue weighted by molar-refractivity contribution is 0.0861. The van der Waals surface area contributed by atoms with Crippen LogP contribution in [0.15, 0.2) is 0 Å². The van der Waals surface area contributed by atoms with Gasteiger partial charge >= 0.3 is 0 Å². The number of carbonyl (C=O) groups excluding carboxylic acids is 1. The molecule has 6 nitrogen and oxygen atoms in total. The Bertz CT molecular complexity index is 337. The summed E-state index contributed by atoms with van der Waals surface area (Å²) in [6, 6.07) is 0. The van der Waals surface area contributed by atoms with Gasteiger partial charge in [0.05, 0.1) is 6.10 Å². The van der Waals surface area contributed by atoms with E-state index in [2.05, 4.69) is 20.5 Å². The summed E-state index contributed by atoms with van der Waals surface area (Å²) in [7, 11) is 1.60. The first kappa shape index (κ1) is 12.6. The maximum absolute atomic E-state index is 11.6. The van der Waals surface area contributed by atoms with E-state index in [-0.39, 0.29) is 17.8 Å². The number of rotatable bonds is 6. The number of methoxy groups -OCH3 is 1. The quantitative estimate of drug-likeness (QED) is 0.741. The minimum Gasteiger partial charge on any atom is -0.380 e. The van der Waals surface area contributed by atoms with Crippen LogP contribution < -0.4 is 5.32 Å². The molecule has 1 unspecified atom stereocenters. The first-order valence-electron chi connectivity index (χ1n) is 5.39. The number of hydrogen-bond donors (Lipinski definition) is 2. The summed E-state index contributed by atoms with van der Waals surface area (Å²) in [5.74, 6) is 0.654. The van der Waals surface area contributed by atoms with E-state index >= 15 is 0 Å². The van der Waals surface area contributed by atoms with Crippen LogP contribution in [0, 0.1) is 0 Å². The first-order valence-corrected chi connectivity index (χ1v) is 5.39. The molecule has 1 rings (SSSR count). The van der Waals surface area contributed by atoms with Crippen molar-refractivity contribution in [3.05, 3.63) is 11.6 Å². The fourth-order valence-electron chi connectivity index (χ4n) is 1.14. The zero-order chi connectivity index (χ0) is 12.0. The highest BCUT2D eigenvalue weighted by Crippen LogP contribution is 1.96. The highest BCUT2D eigenvalue weighted by atomic mass is 16.5. The maximum atomic E-state index is 11.6. The number of aromatic nitrogens is 3. The van der Waals surface area contributed by atoms with Crippen LogP contribution in [0.2, 0.25) is 0 Å². The Labute approximate surface area is 94.8 Å². The van der Waals surface area contributed by atoms with E-state index < -0.39 is 0 Å². The van der Waals surface area contributed by atoms with Gasteiger partial charge in [0.25, 0.3) is 5.91 Å². The van der Waals surface area contributed by atoms with Gasteiger partial charge in [-0.3, -0.25) is 9.89 Å². The predicted octanol–water partition coefficient (Wildman–Crippen LogP) is 0.522. The highest BCUT2D eigenvalue weighted by Gasteiger charge is 2.12. The lowest BCUT2D eigenvalue weighted by Gasteiger charge is -2.08. The number of nitrogens with one attached hydrogen (secondary N) is 2. The van der Waals surface area contributed by atoms with Gasteiger partial charge in [-0.2, -0.15) is 0 Å². The number of amides is 1. The van der Waals surface area contributed by atoms with Gasteiger partial charge in [0.1, 0.15) is 5.82 Å². The Hall–Kier alpha value is -1.43. The zero-order valence-electron chi connectivity index (χ0n) is 9.91. The minimum atomic E-state index is -0.275. The molecule has 0 aliphatic rings. The molecule has 0 saturated heterocycles. The minimum absolute atomic E-state index is 0.0157. The second-order valence-electron chi connectivity index (χ2n) is 3.61. The average Bonchev–Trinajstić information content (AvgIpc) is 2.74. The molecule has 1 aromatic rings. The van der Waals surface area contributed by atoms with Crippen LogP contribution in [0.4, 0.5) is 0 Å². The van der Waals surface area contributed by atoms with Gasteiger partial charge in [-0.25, -0.2) is 4.98 Å². The molecule has 0 saturated carbocycles. The van der Waals surface area contributed by atoms with E-state index in [0.29, 0.717) is 6.54 Å². The molecule has 0 radical (unpaired) electrons. The number of hydrogen-bond acceptors (Lipinski definition) is 4. The fraction of sp³-hybridized carbons (Fsp3) is 0.700. The molecule has 6 heteroatoms. The van der Waals surface area contributed by atoms with Crippen molar-refractivity contribution < 1.29 is 9.53 Å². The zero-order valence-corrected chi connectivity index (χ0v) is 9.91. The van der Waals surface area contributed by atoms with Crippen molar-refractivity contribution in [3.8, 4) is 0 Å². The van der Waals surface area contributed by atoms with Crippen molar-refractivity contribution in [2.24, 2.45) is 0 Å². The summed E-state index contributed by atoms with van der Waals surface area (Å²) < 4.78 is 5.02. The molecule has 1 amide bonds. The monoisotopic (exact) mass is 226 g/mol. The fourth-order valence-corrected chi connectivity index (χ4v) is 1.14. The predicted molar refractivity (Wildman–Crippen MR) is 59.2 cm³/mol.